The zero-order valence-corrected chi connectivity index (χ0v) is 18.7. The van der Waals surface area contributed by atoms with E-state index in [1.807, 2.05) is 0 Å². The summed E-state index contributed by atoms with van der Waals surface area (Å²) in [7, 11) is 0. The Labute approximate surface area is 196 Å². The summed E-state index contributed by atoms with van der Waals surface area (Å²) >= 11 is 0. The van der Waals surface area contributed by atoms with Crippen molar-refractivity contribution < 1.29 is 0 Å². The molecule has 0 unspecified atom stereocenters. The van der Waals surface area contributed by atoms with Crippen molar-refractivity contribution in [3.63, 3.8) is 0 Å². The lowest BCUT2D eigenvalue weighted by Crippen LogP contribution is -2.33. The van der Waals surface area contributed by atoms with Gasteiger partial charge in [0.05, 0.1) is 6.67 Å². The second-order valence-corrected chi connectivity index (χ2v) is 9.71. The quantitative estimate of drug-likeness (QED) is 0.552. The van der Waals surface area contributed by atoms with Gasteiger partial charge in [0.1, 0.15) is 0 Å². The molecule has 0 bridgehead atoms. The number of allylic oxidation sites excluding steroid dienone is 10. The maximum absolute atomic E-state index is 2.62. The van der Waals surface area contributed by atoms with E-state index in [0.29, 0.717) is 23.7 Å². The first-order valence-corrected chi connectivity index (χ1v) is 12.2. The summed E-state index contributed by atoms with van der Waals surface area (Å²) in [5.74, 6) is 1.74. The standard InChI is InChI=1S/C31H28N2/c1-3-11-26-22(7-1)15-17-24-9-5-13-28(30(24)26)32-19-20-33(21-32)29-14-6-10-25-18-16-23-8-2-4-12-27(23)31(25)29/h1-18,24-25,30-31H,19-21H2/t24-,25-,30-,31-/m1/s1. The number of hydrogen-bond donors (Lipinski definition) is 0. The zero-order chi connectivity index (χ0) is 21.8. The molecule has 162 valence electrons. The van der Waals surface area contributed by atoms with Gasteiger partial charge >= 0.3 is 0 Å². The Balaban J connectivity index is 1.19. The summed E-state index contributed by atoms with van der Waals surface area (Å²) in [6, 6.07) is 17.8. The van der Waals surface area contributed by atoms with Crippen LogP contribution in [0.4, 0.5) is 0 Å². The van der Waals surface area contributed by atoms with Crippen LogP contribution in [0.3, 0.4) is 0 Å². The van der Waals surface area contributed by atoms with E-state index in [1.54, 1.807) is 0 Å². The Hall–Kier alpha value is -3.52. The van der Waals surface area contributed by atoms with Crippen molar-refractivity contribution in [2.24, 2.45) is 11.8 Å². The Morgan fingerprint density at radius 2 is 1.06 bits per heavy atom. The zero-order valence-electron chi connectivity index (χ0n) is 18.7. The summed E-state index contributed by atoms with van der Waals surface area (Å²) in [5.41, 5.74) is 8.59. The molecule has 2 aromatic carbocycles. The molecule has 33 heavy (non-hydrogen) atoms. The van der Waals surface area contributed by atoms with Crippen LogP contribution in [0.25, 0.3) is 12.2 Å². The fraction of sp³-hybridized carbons (Fsp3) is 0.226. The minimum Gasteiger partial charge on any atom is -0.355 e. The molecular weight excluding hydrogens is 400 g/mol. The Morgan fingerprint density at radius 1 is 0.576 bits per heavy atom. The van der Waals surface area contributed by atoms with Crippen LogP contribution in [0.1, 0.15) is 34.1 Å². The van der Waals surface area contributed by atoms with Gasteiger partial charge < -0.3 is 9.80 Å². The van der Waals surface area contributed by atoms with E-state index in [2.05, 4.69) is 119 Å². The van der Waals surface area contributed by atoms with Gasteiger partial charge in [0, 0.05) is 48.2 Å². The summed E-state index contributed by atoms with van der Waals surface area (Å²) in [6.45, 7) is 3.11. The molecule has 1 aliphatic heterocycles. The highest BCUT2D eigenvalue weighted by atomic mass is 15.4. The number of nitrogens with zero attached hydrogens (tertiary/aromatic N) is 2. The largest absolute Gasteiger partial charge is 0.355 e. The van der Waals surface area contributed by atoms with Crippen molar-refractivity contribution in [1.82, 2.24) is 9.80 Å². The number of rotatable bonds is 2. The lowest BCUT2D eigenvalue weighted by atomic mass is 9.75. The molecule has 0 saturated carbocycles. The van der Waals surface area contributed by atoms with Crippen LogP contribution in [0.15, 0.2) is 109 Å². The van der Waals surface area contributed by atoms with Crippen LogP contribution in [-0.4, -0.2) is 29.6 Å². The summed E-state index contributed by atoms with van der Waals surface area (Å²) < 4.78 is 0. The van der Waals surface area contributed by atoms with Gasteiger partial charge in [-0.1, -0.05) is 97.1 Å². The molecule has 0 amide bonds. The van der Waals surface area contributed by atoms with Crippen LogP contribution < -0.4 is 0 Å². The molecule has 5 aliphatic rings. The molecular formula is C31H28N2. The van der Waals surface area contributed by atoms with Crippen LogP contribution in [0.2, 0.25) is 0 Å². The lowest BCUT2D eigenvalue weighted by Gasteiger charge is -2.39. The SMILES string of the molecule is C1=C[C@@H]2C=Cc3ccccc3[C@@H]2C(N2CCN(C3=CC=C[C@@H]4C=Cc5ccccc5[C@H]34)C2)=C1. The lowest BCUT2D eigenvalue weighted by molar-refractivity contribution is 0.291. The highest BCUT2D eigenvalue weighted by Gasteiger charge is 2.38. The van der Waals surface area contributed by atoms with E-state index >= 15 is 0 Å². The molecule has 4 atom stereocenters. The molecule has 0 aromatic heterocycles. The predicted octanol–water partition coefficient (Wildman–Crippen LogP) is 6.32. The third-order valence-corrected chi connectivity index (χ3v) is 7.98. The van der Waals surface area contributed by atoms with Gasteiger partial charge in [-0.25, -0.2) is 0 Å². The Kier molecular flexibility index (Phi) is 4.33. The highest BCUT2D eigenvalue weighted by molar-refractivity contribution is 5.63. The summed E-state index contributed by atoms with van der Waals surface area (Å²) in [5, 5.41) is 0. The number of benzene rings is 2. The van der Waals surface area contributed by atoms with E-state index in [0.717, 1.165) is 19.8 Å². The maximum Gasteiger partial charge on any atom is 0.0899 e. The van der Waals surface area contributed by atoms with Crippen molar-refractivity contribution in [3.8, 4) is 0 Å². The normalized spacial score (nSPS) is 28.6. The van der Waals surface area contributed by atoms with Gasteiger partial charge in [0.25, 0.3) is 0 Å². The molecule has 7 rings (SSSR count). The molecule has 2 aromatic rings. The summed E-state index contributed by atoms with van der Waals surface area (Å²) in [4.78, 5) is 5.24. The highest BCUT2D eigenvalue weighted by Crippen LogP contribution is 2.46. The van der Waals surface area contributed by atoms with E-state index in [9.17, 15) is 0 Å². The van der Waals surface area contributed by atoms with E-state index in [-0.39, 0.29) is 0 Å². The first-order chi connectivity index (χ1) is 16.4. The smallest absolute Gasteiger partial charge is 0.0899 e. The molecule has 1 saturated heterocycles. The maximum atomic E-state index is 2.62. The fourth-order valence-corrected chi connectivity index (χ4v) is 6.41. The van der Waals surface area contributed by atoms with Crippen molar-refractivity contribution >= 4 is 12.2 Å². The second kappa shape index (κ2) is 7.52. The van der Waals surface area contributed by atoms with Crippen molar-refractivity contribution in [2.75, 3.05) is 19.8 Å². The minimum atomic E-state index is 0.419. The monoisotopic (exact) mass is 428 g/mol. The van der Waals surface area contributed by atoms with Gasteiger partial charge in [-0.2, -0.15) is 0 Å². The van der Waals surface area contributed by atoms with Crippen LogP contribution >= 0.6 is 0 Å². The predicted molar refractivity (Wildman–Crippen MR) is 136 cm³/mol. The molecule has 4 aliphatic carbocycles. The van der Waals surface area contributed by atoms with Crippen molar-refractivity contribution in [2.45, 2.75) is 11.8 Å². The second-order valence-electron chi connectivity index (χ2n) is 9.71. The van der Waals surface area contributed by atoms with Gasteiger partial charge in [-0.15, -0.1) is 0 Å². The van der Waals surface area contributed by atoms with E-state index in [4.69, 9.17) is 0 Å². The Morgan fingerprint density at radius 3 is 1.58 bits per heavy atom. The molecule has 0 radical (unpaired) electrons. The van der Waals surface area contributed by atoms with Crippen LogP contribution in [0, 0.1) is 11.8 Å². The Bertz CT molecular complexity index is 1190. The van der Waals surface area contributed by atoms with Crippen molar-refractivity contribution in [1.29, 1.82) is 0 Å². The van der Waals surface area contributed by atoms with Crippen LogP contribution in [-0.2, 0) is 0 Å². The molecule has 1 fully saturated rings. The van der Waals surface area contributed by atoms with Gasteiger partial charge in [0.2, 0.25) is 0 Å². The van der Waals surface area contributed by atoms with E-state index in [1.165, 1.54) is 33.6 Å². The number of hydrogen-bond acceptors (Lipinski definition) is 2. The average Bonchev–Trinajstić information content (AvgIpc) is 3.38. The summed E-state index contributed by atoms with van der Waals surface area (Å²) in [6.07, 6.45) is 23.3. The molecule has 2 nitrogen and oxygen atoms in total. The number of fused-ring (bicyclic) bond motifs is 6. The molecule has 0 spiro atoms. The van der Waals surface area contributed by atoms with Crippen LogP contribution in [0.5, 0.6) is 0 Å². The molecule has 2 heteroatoms. The van der Waals surface area contributed by atoms with Gasteiger partial charge in [-0.3, -0.25) is 0 Å². The third-order valence-electron chi connectivity index (χ3n) is 7.98. The first-order valence-electron chi connectivity index (χ1n) is 12.2. The minimum absolute atomic E-state index is 0.419. The average molecular weight is 429 g/mol. The van der Waals surface area contributed by atoms with Gasteiger partial charge in [-0.05, 0) is 34.4 Å². The molecule has 1 heterocycles. The fourth-order valence-electron chi connectivity index (χ4n) is 6.41. The topological polar surface area (TPSA) is 6.48 Å². The third kappa shape index (κ3) is 3.01. The van der Waals surface area contributed by atoms with Crippen molar-refractivity contribution in [3.05, 3.63) is 131 Å². The van der Waals surface area contributed by atoms with E-state index < -0.39 is 0 Å². The first kappa shape index (κ1) is 19.0. The van der Waals surface area contributed by atoms with Gasteiger partial charge in [0.15, 0.2) is 0 Å². The molecule has 0 N–H and O–H groups in total.